The van der Waals surface area contributed by atoms with E-state index in [2.05, 4.69) is 13.8 Å². The number of hydrogen-bond donors (Lipinski definition) is 2. The smallest absolute Gasteiger partial charge is 0.224 e. The number of rotatable bonds is 6. The van der Waals surface area contributed by atoms with E-state index in [9.17, 15) is 19.4 Å². The number of hydrogen-bond acceptors (Lipinski definition) is 4. The molecule has 0 aromatic heterocycles. The quantitative estimate of drug-likeness (QED) is 0.819. The fraction of sp³-hybridized carbons (Fsp3) is 0.611. The van der Waals surface area contributed by atoms with E-state index in [1.54, 1.807) is 12.1 Å². The minimum atomic E-state index is -0.343. The molecule has 1 fully saturated rings. The molecule has 2 N–H and O–H groups in total. The van der Waals surface area contributed by atoms with Gasteiger partial charge in [-0.15, -0.1) is 0 Å². The molecule has 1 amide bonds. The lowest BCUT2D eigenvalue weighted by Crippen LogP contribution is -2.49. The standard InChI is InChI=1S/C18H27FN2O3/c1-13(2)17-10-20(16(11-22)12-23)8-7-18(24)21(17)9-14-3-5-15(19)6-4-14/h3-6,13,16-17,22-23H,7-12H2,1-2H3. The van der Waals surface area contributed by atoms with Gasteiger partial charge >= 0.3 is 0 Å². The van der Waals surface area contributed by atoms with Crippen LogP contribution in [0, 0.1) is 11.7 Å². The van der Waals surface area contributed by atoms with Crippen LogP contribution < -0.4 is 0 Å². The fourth-order valence-corrected chi connectivity index (χ4v) is 3.18. The summed E-state index contributed by atoms with van der Waals surface area (Å²) in [5.41, 5.74) is 0.893. The van der Waals surface area contributed by atoms with Crippen molar-refractivity contribution < 1.29 is 19.4 Å². The molecule has 0 spiro atoms. The zero-order chi connectivity index (χ0) is 17.7. The molecule has 0 saturated carbocycles. The molecule has 24 heavy (non-hydrogen) atoms. The Hall–Kier alpha value is -1.50. The van der Waals surface area contributed by atoms with E-state index in [1.165, 1.54) is 12.1 Å². The summed E-state index contributed by atoms with van der Waals surface area (Å²) in [6, 6.07) is 5.85. The summed E-state index contributed by atoms with van der Waals surface area (Å²) in [7, 11) is 0. The van der Waals surface area contributed by atoms with Gasteiger partial charge in [0.25, 0.3) is 0 Å². The number of nitrogens with zero attached hydrogens (tertiary/aromatic N) is 2. The van der Waals surface area contributed by atoms with Crippen LogP contribution in [-0.4, -0.2) is 64.3 Å². The molecule has 1 aliphatic rings. The number of carbonyl (C=O) groups is 1. The van der Waals surface area contributed by atoms with E-state index in [0.717, 1.165) is 5.56 Å². The highest BCUT2D eigenvalue weighted by molar-refractivity contribution is 5.77. The van der Waals surface area contributed by atoms with Crippen molar-refractivity contribution in [3.8, 4) is 0 Å². The lowest BCUT2D eigenvalue weighted by Gasteiger charge is -2.36. The zero-order valence-electron chi connectivity index (χ0n) is 14.4. The molecule has 1 atom stereocenters. The second-order valence-electron chi connectivity index (χ2n) is 6.72. The molecule has 0 radical (unpaired) electrons. The average molecular weight is 338 g/mol. The van der Waals surface area contributed by atoms with Gasteiger partial charge in [-0.3, -0.25) is 9.69 Å². The van der Waals surface area contributed by atoms with Crippen LogP contribution in [-0.2, 0) is 11.3 Å². The topological polar surface area (TPSA) is 64.0 Å². The maximum atomic E-state index is 13.1. The Balaban J connectivity index is 2.21. The molecule has 134 valence electrons. The second kappa shape index (κ2) is 8.55. The van der Waals surface area contributed by atoms with Crippen LogP contribution in [0.2, 0.25) is 0 Å². The molecule has 1 aromatic rings. The lowest BCUT2D eigenvalue weighted by atomic mass is 10.0. The van der Waals surface area contributed by atoms with Gasteiger partial charge in [0.15, 0.2) is 0 Å². The van der Waals surface area contributed by atoms with E-state index in [1.807, 2.05) is 9.80 Å². The normalized spacial score (nSPS) is 20.0. The summed E-state index contributed by atoms with van der Waals surface area (Å²) in [4.78, 5) is 16.5. The molecule has 1 aliphatic heterocycles. The largest absolute Gasteiger partial charge is 0.395 e. The van der Waals surface area contributed by atoms with Crippen molar-refractivity contribution in [1.29, 1.82) is 0 Å². The molecule has 0 bridgehead atoms. The van der Waals surface area contributed by atoms with Crippen LogP contribution in [0.15, 0.2) is 24.3 Å². The van der Waals surface area contributed by atoms with Gasteiger partial charge in [-0.2, -0.15) is 0 Å². The molecule has 0 aliphatic carbocycles. The van der Waals surface area contributed by atoms with Crippen LogP contribution in [0.5, 0.6) is 0 Å². The van der Waals surface area contributed by atoms with Gasteiger partial charge in [0.2, 0.25) is 5.91 Å². The van der Waals surface area contributed by atoms with Crippen LogP contribution in [0.4, 0.5) is 4.39 Å². The summed E-state index contributed by atoms with van der Waals surface area (Å²) in [6.45, 7) is 5.43. The summed E-state index contributed by atoms with van der Waals surface area (Å²) in [5.74, 6) is -0.00977. The molecule has 5 nitrogen and oxygen atoms in total. The molecule has 1 saturated heterocycles. The Morgan fingerprint density at radius 1 is 1.21 bits per heavy atom. The first-order valence-electron chi connectivity index (χ1n) is 8.46. The molecule has 1 heterocycles. The fourth-order valence-electron chi connectivity index (χ4n) is 3.18. The van der Waals surface area contributed by atoms with E-state index in [-0.39, 0.29) is 42.9 Å². The summed E-state index contributed by atoms with van der Waals surface area (Å²) in [6.07, 6.45) is 0.348. The van der Waals surface area contributed by atoms with Crippen molar-refractivity contribution in [1.82, 2.24) is 9.80 Å². The van der Waals surface area contributed by atoms with E-state index in [0.29, 0.717) is 26.1 Å². The second-order valence-corrected chi connectivity index (χ2v) is 6.72. The predicted molar refractivity (Wildman–Crippen MR) is 89.7 cm³/mol. The Labute approximate surface area is 142 Å². The van der Waals surface area contributed by atoms with Crippen LogP contribution in [0.25, 0.3) is 0 Å². The van der Waals surface area contributed by atoms with E-state index >= 15 is 0 Å². The van der Waals surface area contributed by atoms with Gasteiger partial charge in [-0.05, 0) is 23.6 Å². The maximum absolute atomic E-state index is 13.1. The average Bonchev–Trinajstić information content (AvgIpc) is 2.72. The molecule has 2 rings (SSSR count). The highest BCUT2D eigenvalue weighted by Gasteiger charge is 2.33. The molecular formula is C18H27FN2O3. The third-order valence-corrected chi connectivity index (χ3v) is 4.73. The summed E-state index contributed by atoms with van der Waals surface area (Å²) in [5, 5.41) is 18.9. The maximum Gasteiger partial charge on any atom is 0.224 e. The number of amides is 1. The van der Waals surface area contributed by atoms with Crippen LogP contribution >= 0.6 is 0 Å². The SMILES string of the molecule is CC(C)C1CN(C(CO)CO)CCC(=O)N1Cc1ccc(F)cc1. The van der Waals surface area contributed by atoms with Crippen molar-refractivity contribution in [2.45, 2.75) is 38.9 Å². The third-order valence-electron chi connectivity index (χ3n) is 4.73. The molecule has 6 heteroatoms. The molecule has 1 aromatic carbocycles. The summed E-state index contributed by atoms with van der Waals surface area (Å²) < 4.78 is 13.1. The van der Waals surface area contributed by atoms with Crippen molar-refractivity contribution in [3.63, 3.8) is 0 Å². The van der Waals surface area contributed by atoms with Crippen LogP contribution in [0.1, 0.15) is 25.8 Å². The first-order chi connectivity index (χ1) is 11.5. The van der Waals surface area contributed by atoms with Crippen molar-refractivity contribution in [3.05, 3.63) is 35.6 Å². The first-order valence-corrected chi connectivity index (χ1v) is 8.46. The monoisotopic (exact) mass is 338 g/mol. The molecule has 1 unspecified atom stereocenters. The highest BCUT2D eigenvalue weighted by atomic mass is 19.1. The van der Waals surface area contributed by atoms with Gasteiger partial charge in [-0.25, -0.2) is 4.39 Å². The Morgan fingerprint density at radius 3 is 2.38 bits per heavy atom. The van der Waals surface area contributed by atoms with Crippen molar-refractivity contribution in [2.24, 2.45) is 5.92 Å². The van der Waals surface area contributed by atoms with Crippen molar-refractivity contribution in [2.75, 3.05) is 26.3 Å². The number of carbonyl (C=O) groups excluding carboxylic acids is 1. The predicted octanol–water partition coefficient (Wildman–Crippen LogP) is 1.24. The van der Waals surface area contributed by atoms with Gasteiger partial charge < -0.3 is 15.1 Å². The Morgan fingerprint density at radius 2 is 1.83 bits per heavy atom. The molecular weight excluding hydrogens is 311 g/mol. The number of aliphatic hydroxyl groups is 2. The van der Waals surface area contributed by atoms with E-state index < -0.39 is 0 Å². The minimum absolute atomic E-state index is 0.0225. The third kappa shape index (κ3) is 4.53. The van der Waals surface area contributed by atoms with Gasteiger partial charge in [0.05, 0.1) is 19.3 Å². The number of aliphatic hydroxyl groups excluding tert-OH is 2. The van der Waals surface area contributed by atoms with Gasteiger partial charge in [0, 0.05) is 32.1 Å². The highest BCUT2D eigenvalue weighted by Crippen LogP contribution is 2.22. The zero-order valence-corrected chi connectivity index (χ0v) is 14.4. The number of halogens is 1. The lowest BCUT2D eigenvalue weighted by molar-refractivity contribution is -0.134. The van der Waals surface area contributed by atoms with Gasteiger partial charge in [-0.1, -0.05) is 26.0 Å². The summed E-state index contributed by atoms with van der Waals surface area (Å²) >= 11 is 0. The minimum Gasteiger partial charge on any atom is -0.395 e. The van der Waals surface area contributed by atoms with Crippen molar-refractivity contribution >= 4 is 5.91 Å². The van der Waals surface area contributed by atoms with E-state index in [4.69, 9.17) is 0 Å². The Bertz CT molecular complexity index is 532. The van der Waals surface area contributed by atoms with Crippen LogP contribution in [0.3, 0.4) is 0 Å². The Kier molecular flexibility index (Phi) is 6.71. The van der Waals surface area contributed by atoms with Gasteiger partial charge in [0.1, 0.15) is 5.82 Å². The first kappa shape index (κ1) is 18.8. The number of benzene rings is 1.